The van der Waals surface area contributed by atoms with E-state index in [9.17, 15) is 4.79 Å². The Balaban J connectivity index is 2.45. The lowest BCUT2D eigenvalue weighted by molar-refractivity contribution is 0.171. The number of hydrazone groups is 1. The second-order valence-electron chi connectivity index (χ2n) is 2.31. The molecule has 0 atom stereocenters. The highest BCUT2D eigenvalue weighted by Gasteiger charge is 1.94. The van der Waals surface area contributed by atoms with Crippen molar-refractivity contribution in [3.05, 3.63) is 21.9 Å². The van der Waals surface area contributed by atoms with Crippen LogP contribution in [0.2, 0.25) is 0 Å². The van der Waals surface area contributed by atoms with E-state index in [2.05, 4.69) is 15.3 Å². The monoisotopic (exact) mass is 198 g/mol. The molecule has 1 amide bonds. The summed E-state index contributed by atoms with van der Waals surface area (Å²) in [7, 11) is 1.29. The lowest BCUT2D eigenvalue weighted by atomic mass is 10.4. The highest BCUT2D eigenvalue weighted by Crippen LogP contribution is 2.12. The molecule has 0 aliphatic rings. The predicted molar refractivity (Wildman–Crippen MR) is 52.2 cm³/mol. The zero-order chi connectivity index (χ0) is 9.68. The number of thiophene rings is 1. The van der Waals surface area contributed by atoms with Crippen LogP contribution in [0.15, 0.2) is 17.2 Å². The van der Waals surface area contributed by atoms with E-state index in [-0.39, 0.29) is 0 Å². The van der Waals surface area contributed by atoms with Crippen LogP contribution in [-0.4, -0.2) is 19.4 Å². The normalized spacial score (nSPS) is 10.3. The lowest BCUT2D eigenvalue weighted by Gasteiger charge is -1.93. The van der Waals surface area contributed by atoms with Crippen LogP contribution >= 0.6 is 11.3 Å². The van der Waals surface area contributed by atoms with Gasteiger partial charge in [-0.15, -0.1) is 11.3 Å². The fourth-order valence-electron chi connectivity index (χ4n) is 0.717. The molecule has 5 heteroatoms. The Bertz CT molecular complexity index is 320. The molecular weight excluding hydrogens is 188 g/mol. The van der Waals surface area contributed by atoms with Crippen LogP contribution in [0, 0.1) is 6.92 Å². The summed E-state index contributed by atoms with van der Waals surface area (Å²) in [5, 5.41) is 3.69. The van der Waals surface area contributed by atoms with E-state index in [1.165, 1.54) is 12.0 Å². The Morgan fingerprint density at radius 3 is 3.00 bits per heavy atom. The molecule has 0 saturated heterocycles. The van der Waals surface area contributed by atoms with Crippen LogP contribution in [0.1, 0.15) is 9.75 Å². The summed E-state index contributed by atoms with van der Waals surface area (Å²) in [6, 6.07) is 3.92. The molecule has 70 valence electrons. The summed E-state index contributed by atoms with van der Waals surface area (Å²) < 4.78 is 4.33. The maximum absolute atomic E-state index is 10.6. The van der Waals surface area contributed by atoms with Gasteiger partial charge in [-0.3, -0.25) is 0 Å². The first kappa shape index (κ1) is 9.73. The average Bonchev–Trinajstić information content (AvgIpc) is 2.51. The van der Waals surface area contributed by atoms with Crippen LogP contribution < -0.4 is 5.43 Å². The predicted octanol–water partition coefficient (Wildman–Crippen LogP) is 1.75. The van der Waals surface area contributed by atoms with Crippen molar-refractivity contribution in [2.45, 2.75) is 6.92 Å². The number of nitrogens with zero attached hydrogens (tertiary/aromatic N) is 1. The van der Waals surface area contributed by atoms with Gasteiger partial charge >= 0.3 is 6.09 Å². The van der Waals surface area contributed by atoms with Crippen LogP contribution in [0.25, 0.3) is 0 Å². The van der Waals surface area contributed by atoms with Crippen LogP contribution in [0.4, 0.5) is 4.79 Å². The Kier molecular flexibility index (Phi) is 3.45. The van der Waals surface area contributed by atoms with Crippen molar-refractivity contribution < 1.29 is 9.53 Å². The van der Waals surface area contributed by atoms with Crippen molar-refractivity contribution in [1.82, 2.24) is 5.43 Å². The van der Waals surface area contributed by atoms with Gasteiger partial charge in [0.1, 0.15) is 0 Å². The van der Waals surface area contributed by atoms with E-state index >= 15 is 0 Å². The molecule has 0 radical (unpaired) electrons. The Morgan fingerprint density at radius 2 is 2.46 bits per heavy atom. The maximum Gasteiger partial charge on any atom is 0.427 e. The molecule has 0 unspecified atom stereocenters. The minimum absolute atomic E-state index is 0.565. The largest absolute Gasteiger partial charge is 0.452 e. The smallest absolute Gasteiger partial charge is 0.427 e. The van der Waals surface area contributed by atoms with Gasteiger partial charge in [0.25, 0.3) is 0 Å². The van der Waals surface area contributed by atoms with Crippen molar-refractivity contribution >= 4 is 23.6 Å². The molecular formula is C8H10N2O2S. The number of methoxy groups -OCH3 is 1. The number of hydrogen-bond donors (Lipinski definition) is 1. The Morgan fingerprint density at radius 1 is 1.69 bits per heavy atom. The third-order valence-electron chi connectivity index (χ3n) is 1.29. The number of ether oxygens (including phenoxy) is 1. The van der Waals surface area contributed by atoms with Gasteiger partial charge in [-0.25, -0.2) is 10.2 Å². The van der Waals surface area contributed by atoms with Gasteiger partial charge in [-0.1, -0.05) is 0 Å². The van der Waals surface area contributed by atoms with Crippen LogP contribution in [0.3, 0.4) is 0 Å². The highest BCUT2D eigenvalue weighted by molar-refractivity contribution is 7.13. The summed E-state index contributed by atoms with van der Waals surface area (Å²) in [6.45, 7) is 2.01. The van der Waals surface area contributed by atoms with Gasteiger partial charge in [0.2, 0.25) is 0 Å². The molecule has 13 heavy (non-hydrogen) atoms. The number of carbonyl (C=O) groups is 1. The third kappa shape index (κ3) is 3.25. The van der Waals surface area contributed by atoms with Crippen molar-refractivity contribution in [2.24, 2.45) is 5.10 Å². The Labute approximate surface area is 80.2 Å². The van der Waals surface area contributed by atoms with E-state index in [4.69, 9.17) is 0 Å². The first-order valence-electron chi connectivity index (χ1n) is 3.66. The molecule has 0 aromatic carbocycles. The summed E-state index contributed by atoms with van der Waals surface area (Å²) >= 11 is 1.61. The second-order valence-corrected chi connectivity index (χ2v) is 3.63. The van der Waals surface area contributed by atoms with E-state index in [0.29, 0.717) is 0 Å². The topological polar surface area (TPSA) is 50.7 Å². The molecule has 0 aliphatic carbocycles. The van der Waals surface area contributed by atoms with Crippen molar-refractivity contribution in [2.75, 3.05) is 7.11 Å². The fraction of sp³-hybridized carbons (Fsp3) is 0.250. The first-order valence-corrected chi connectivity index (χ1v) is 4.47. The quantitative estimate of drug-likeness (QED) is 0.581. The van der Waals surface area contributed by atoms with Gasteiger partial charge < -0.3 is 4.74 Å². The highest BCUT2D eigenvalue weighted by atomic mass is 32.1. The molecule has 0 fully saturated rings. The molecule has 1 aromatic rings. The minimum Gasteiger partial charge on any atom is -0.452 e. The summed E-state index contributed by atoms with van der Waals surface area (Å²) in [6.07, 6.45) is 1.01. The number of carbonyl (C=O) groups excluding carboxylic acids is 1. The molecule has 1 heterocycles. The van der Waals surface area contributed by atoms with Crippen LogP contribution in [-0.2, 0) is 4.74 Å². The van der Waals surface area contributed by atoms with Crippen LogP contribution in [0.5, 0.6) is 0 Å². The number of rotatable bonds is 2. The van der Waals surface area contributed by atoms with Gasteiger partial charge in [0, 0.05) is 9.75 Å². The van der Waals surface area contributed by atoms with E-state index in [1.807, 2.05) is 19.1 Å². The number of aryl methyl sites for hydroxylation is 1. The third-order valence-corrected chi connectivity index (χ3v) is 2.23. The van der Waals surface area contributed by atoms with Crippen molar-refractivity contribution in [3.63, 3.8) is 0 Å². The fourth-order valence-corrected chi connectivity index (χ4v) is 1.47. The minimum atomic E-state index is -0.565. The van der Waals surface area contributed by atoms with Gasteiger partial charge in [0.05, 0.1) is 13.3 Å². The number of hydrogen-bond acceptors (Lipinski definition) is 4. The lowest BCUT2D eigenvalue weighted by Crippen LogP contribution is -2.16. The second kappa shape index (κ2) is 4.61. The van der Waals surface area contributed by atoms with E-state index in [0.717, 1.165) is 4.88 Å². The number of nitrogens with one attached hydrogen (secondary N) is 1. The summed E-state index contributed by atoms with van der Waals surface area (Å²) in [5.74, 6) is 0. The van der Waals surface area contributed by atoms with Gasteiger partial charge in [0.15, 0.2) is 0 Å². The van der Waals surface area contributed by atoms with Gasteiger partial charge in [-0.05, 0) is 19.1 Å². The molecule has 0 aliphatic heterocycles. The zero-order valence-electron chi connectivity index (χ0n) is 7.40. The van der Waals surface area contributed by atoms with Crippen molar-refractivity contribution in [1.29, 1.82) is 0 Å². The molecule has 1 N–H and O–H groups in total. The molecule has 1 rings (SSSR count). The first-order chi connectivity index (χ1) is 6.22. The molecule has 0 spiro atoms. The standard InChI is InChI=1S/C8H10N2O2S/c1-6-3-4-7(13-6)5-9-10-8(11)12-2/h3-5H,1-2H3,(H,10,11)/b9-5-. The molecule has 4 nitrogen and oxygen atoms in total. The summed E-state index contributed by atoms with van der Waals surface area (Å²) in [5.41, 5.74) is 2.21. The van der Waals surface area contributed by atoms with E-state index < -0.39 is 6.09 Å². The Hall–Kier alpha value is -1.36. The SMILES string of the molecule is COC(=O)N/N=C\c1ccc(C)s1. The average molecular weight is 198 g/mol. The zero-order valence-corrected chi connectivity index (χ0v) is 8.22. The maximum atomic E-state index is 10.6. The van der Waals surface area contributed by atoms with Gasteiger partial charge in [-0.2, -0.15) is 5.10 Å². The molecule has 0 bridgehead atoms. The van der Waals surface area contributed by atoms with Crippen molar-refractivity contribution in [3.8, 4) is 0 Å². The summed E-state index contributed by atoms with van der Waals surface area (Å²) in [4.78, 5) is 12.8. The van der Waals surface area contributed by atoms with E-state index in [1.54, 1.807) is 17.6 Å². The molecule has 0 saturated carbocycles. The number of amides is 1. The molecule has 1 aromatic heterocycles.